The molecule has 2 heterocycles. The van der Waals surface area contributed by atoms with E-state index in [2.05, 4.69) is 15.1 Å². The molecule has 3 rings (SSSR count). The molecule has 0 fully saturated rings. The molecular formula is C13H11Cl3N4O. The summed E-state index contributed by atoms with van der Waals surface area (Å²) in [6.07, 6.45) is 0.594. The molecule has 0 bridgehead atoms. The second kappa shape index (κ2) is 5.83. The Hall–Kier alpha value is -1.30. The molecule has 0 spiro atoms. The van der Waals surface area contributed by atoms with Gasteiger partial charge in [0.25, 0.3) is 0 Å². The van der Waals surface area contributed by atoms with E-state index in [-0.39, 0.29) is 0 Å². The van der Waals surface area contributed by atoms with Gasteiger partial charge in [0.1, 0.15) is 5.82 Å². The van der Waals surface area contributed by atoms with E-state index in [0.717, 1.165) is 16.9 Å². The molecule has 0 aliphatic heterocycles. The number of rotatable bonds is 4. The van der Waals surface area contributed by atoms with Crippen LogP contribution < -0.4 is 0 Å². The minimum absolute atomic E-state index is 0.298. The van der Waals surface area contributed by atoms with Crippen molar-refractivity contribution < 1.29 is 4.52 Å². The number of hydrogen-bond acceptors (Lipinski definition) is 4. The van der Waals surface area contributed by atoms with Crippen LogP contribution in [0.4, 0.5) is 0 Å². The predicted molar refractivity (Wildman–Crippen MR) is 82.0 cm³/mol. The van der Waals surface area contributed by atoms with Crippen LogP contribution in [0.3, 0.4) is 0 Å². The summed E-state index contributed by atoms with van der Waals surface area (Å²) in [5, 5.41) is 4.73. The first kappa shape index (κ1) is 14.6. The van der Waals surface area contributed by atoms with Crippen molar-refractivity contribution >= 4 is 45.8 Å². The Morgan fingerprint density at radius 2 is 1.95 bits per heavy atom. The number of aryl methyl sites for hydroxylation is 3. The zero-order valence-electron chi connectivity index (χ0n) is 11.1. The highest BCUT2D eigenvalue weighted by Crippen LogP contribution is 2.28. The van der Waals surface area contributed by atoms with E-state index in [0.29, 0.717) is 40.6 Å². The number of imidazole rings is 1. The van der Waals surface area contributed by atoms with E-state index in [1.54, 1.807) is 19.1 Å². The standard InChI is InChI=1S/C13H11Cl3N4O/c1-7-17-13(21-19-7)2-3-20-11-5-9(16)8(15)4-10(11)18-12(20)6-14/h4-5H,2-3,6H2,1H3. The molecule has 0 saturated carbocycles. The van der Waals surface area contributed by atoms with Gasteiger partial charge in [-0.25, -0.2) is 4.98 Å². The Labute approximate surface area is 135 Å². The van der Waals surface area contributed by atoms with Crippen molar-refractivity contribution in [2.24, 2.45) is 0 Å². The van der Waals surface area contributed by atoms with Crippen LogP contribution in [0.25, 0.3) is 11.0 Å². The molecule has 21 heavy (non-hydrogen) atoms. The van der Waals surface area contributed by atoms with Crippen LogP contribution in [-0.4, -0.2) is 19.7 Å². The van der Waals surface area contributed by atoms with Gasteiger partial charge in [-0.05, 0) is 19.1 Å². The van der Waals surface area contributed by atoms with Crippen LogP contribution in [-0.2, 0) is 18.8 Å². The fraction of sp³-hybridized carbons (Fsp3) is 0.308. The van der Waals surface area contributed by atoms with Crippen LogP contribution in [0.15, 0.2) is 16.7 Å². The third-order valence-electron chi connectivity index (χ3n) is 3.11. The van der Waals surface area contributed by atoms with E-state index in [1.807, 2.05) is 4.57 Å². The first-order chi connectivity index (χ1) is 10.1. The third kappa shape index (κ3) is 2.86. The molecule has 5 nitrogen and oxygen atoms in total. The van der Waals surface area contributed by atoms with Crippen LogP contribution in [0.5, 0.6) is 0 Å². The van der Waals surface area contributed by atoms with E-state index < -0.39 is 0 Å². The lowest BCUT2D eigenvalue weighted by Crippen LogP contribution is -2.05. The normalized spacial score (nSPS) is 11.4. The van der Waals surface area contributed by atoms with Crippen molar-refractivity contribution in [3.8, 4) is 0 Å². The van der Waals surface area contributed by atoms with Crippen molar-refractivity contribution in [1.82, 2.24) is 19.7 Å². The van der Waals surface area contributed by atoms with E-state index in [4.69, 9.17) is 39.3 Å². The molecule has 0 unspecified atom stereocenters. The second-order valence-electron chi connectivity index (χ2n) is 4.55. The Balaban J connectivity index is 1.97. The van der Waals surface area contributed by atoms with Crippen LogP contribution in [0, 0.1) is 6.92 Å². The zero-order chi connectivity index (χ0) is 15.0. The number of hydrogen-bond donors (Lipinski definition) is 0. The summed E-state index contributed by atoms with van der Waals surface area (Å²) in [6.45, 7) is 2.41. The van der Waals surface area contributed by atoms with Gasteiger partial charge in [0, 0.05) is 13.0 Å². The Bertz CT molecular complexity index is 796. The van der Waals surface area contributed by atoms with Crippen molar-refractivity contribution in [3.63, 3.8) is 0 Å². The molecule has 0 amide bonds. The van der Waals surface area contributed by atoms with Crippen molar-refractivity contribution in [3.05, 3.63) is 39.7 Å². The Kier molecular flexibility index (Phi) is 4.06. The number of halogens is 3. The minimum Gasteiger partial charge on any atom is -0.339 e. The Morgan fingerprint density at radius 3 is 2.62 bits per heavy atom. The number of nitrogens with zero attached hydrogens (tertiary/aromatic N) is 4. The van der Waals surface area contributed by atoms with Crippen molar-refractivity contribution in [2.45, 2.75) is 25.8 Å². The molecular weight excluding hydrogens is 335 g/mol. The fourth-order valence-corrected chi connectivity index (χ4v) is 2.69. The van der Waals surface area contributed by atoms with Gasteiger partial charge in [0.2, 0.25) is 5.89 Å². The average Bonchev–Trinajstić information content (AvgIpc) is 3.01. The molecule has 8 heteroatoms. The minimum atomic E-state index is 0.298. The quantitative estimate of drug-likeness (QED) is 0.670. The molecule has 1 aromatic carbocycles. The van der Waals surface area contributed by atoms with Crippen molar-refractivity contribution in [2.75, 3.05) is 0 Å². The van der Waals surface area contributed by atoms with Gasteiger partial charge in [-0.1, -0.05) is 28.4 Å². The van der Waals surface area contributed by atoms with Gasteiger partial charge in [-0.3, -0.25) is 0 Å². The average molecular weight is 346 g/mol. The first-order valence-corrected chi connectivity index (χ1v) is 7.57. The molecule has 110 valence electrons. The lowest BCUT2D eigenvalue weighted by Gasteiger charge is -2.06. The van der Waals surface area contributed by atoms with Gasteiger partial charge < -0.3 is 9.09 Å². The van der Waals surface area contributed by atoms with E-state index >= 15 is 0 Å². The lowest BCUT2D eigenvalue weighted by molar-refractivity contribution is 0.368. The number of aromatic nitrogens is 4. The molecule has 0 radical (unpaired) electrons. The van der Waals surface area contributed by atoms with Crippen LogP contribution in [0.1, 0.15) is 17.5 Å². The van der Waals surface area contributed by atoms with E-state index in [1.165, 1.54) is 0 Å². The zero-order valence-corrected chi connectivity index (χ0v) is 13.4. The molecule has 0 saturated heterocycles. The second-order valence-corrected chi connectivity index (χ2v) is 5.64. The number of benzene rings is 1. The SMILES string of the molecule is Cc1noc(CCn2c(CCl)nc3cc(Cl)c(Cl)cc32)n1. The first-order valence-electron chi connectivity index (χ1n) is 6.28. The molecule has 2 aromatic heterocycles. The maximum atomic E-state index is 6.09. The monoisotopic (exact) mass is 344 g/mol. The highest BCUT2D eigenvalue weighted by atomic mass is 35.5. The maximum Gasteiger partial charge on any atom is 0.228 e. The topological polar surface area (TPSA) is 56.7 Å². The summed E-state index contributed by atoms with van der Waals surface area (Å²) in [4.78, 5) is 8.66. The summed E-state index contributed by atoms with van der Waals surface area (Å²) in [5.41, 5.74) is 1.65. The molecule has 0 aliphatic carbocycles. The van der Waals surface area contributed by atoms with E-state index in [9.17, 15) is 0 Å². The van der Waals surface area contributed by atoms with Gasteiger partial charge >= 0.3 is 0 Å². The fourth-order valence-electron chi connectivity index (χ4n) is 2.17. The highest BCUT2D eigenvalue weighted by molar-refractivity contribution is 6.42. The summed E-state index contributed by atoms with van der Waals surface area (Å²) in [6, 6.07) is 3.53. The molecule has 0 aliphatic rings. The van der Waals surface area contributed by atoms with Crippen LogP contribution in [0.2, 0.25) is 10.0 Å². The van der Waals surface area contributed by atoms with Gasteiger partial charge in [0.15, 0.2) is 5.82 Å². The molecule has 0 N–H and O–H groups in total. The van der Waals surface area contributed by atoms with Gasteiger partial charge in [-0.15, -0.1) is 11.6 Å². The largest absolute Gasteiger partial charge is 0.339 e. The summed E-state index contributed by atoms with van der Waals surface area (Å²) < 4.78 is 7.11. The lowest BCUT2D eigenvalue weighted by atomic mass is 10.3. The van der Waals surface area contributed by atoms with Gasteiger partial charge in [0.05, 0.1) is 27.0 Å². The summed E-state index contributed by atoms with van der Waals surface area (Å²) >= 11 is 18.1. The Morgan fingerprint density at radius 1 is 1.19 bits per heavy atom. The predicted octanol–water partition coefficient (Wildman–Crippen LogP) is 4.02. The molecule has 3 aromatic rings. The summed E-state index contributed by atoms with van der Waals surface area (Å²) in [7, 11) is 0. The molecule has 0 atom stereocenters. The maximum absolute atomic E-state index is 6.09. The highest BCUT2D eigenvalue weighted by Gasteiger charge is 2.13. The number of alkyl halides is 1. The summed E-state index contributed by atoms with van der Waals surface area (Å²) in [5.74, 6) is 2.25. The van der Waals surface area contributed by atoms with Crippen molar-refractivity contribution in [1.29, 1.82) is 0 Å². The third-order valence-corrected chi connectivity index (χ3v) is 4.07. The van der Waals surface area contributed by atoms with Crippen LogP contribution >= 0.6 is 34.8 Å². The number of fused-ring (bicyclic) bond motifs is 1. The smallest absolute Gasteiger partial charge is 0.228 e. The van der Waals surface area contributed by atoms with Gasteiger partial charge in [-0.2, -0.15) is 4.98 Å².